The summed E-state index contributed by atoms with van der Waals surface area (Å²) in [4.78, 5) is 0. The predicted octanol–water partition coefficient (Wildman–Crippen LogP) is 0.889. The molecule has 0 aromatic heterocycles. The van der Waals surface area contributed by atoms with Crippen LogP contribution in [0.4, 0.5) is 0 Å². The van der Waals surface area contributed by atoms with Crippen molar-refractivity contribution in [1.82, 2.24) is 9.03 Å². The second-order valence-corrected chi connectivity index (χ2v) is 8.56. The summed E-state index contributed by atoms with van der Waals surface area (Å²) in [5.74, 6) is 0. The molecule has 0 amide bonds. The zero-order valence-electron chi connectivity index (χ0n) is 12.8. The Hall–Kier alpha value is -0.210. The first kappa shape index (κ1) is 16.2. The third kappa shape index (κ3) is 4.14. The Morgan fingerprint density at radius 3 is 2.35 bits per heavy atom. The molecule has 2 heterocycles. The van der Waals surface area contributed by atoms with Crippen LogP contribution in [0.3, 0.4) is 0 Å². The molecular formula is C13H26N2O4S. The molecular weight excluding hydrogens is 280 g/mol. The van der Waals surface area contributed by atoms with Gasteiger partial charge in [-0.1, -0.05) is 0 Å². The second-order valence-electron chi connectivity index (χ2n) is 6.86. The van der Waals surface area contributed by atoms with Gasteiger partial charge in [0.25, 0.3) is 10.2 Å². The van der Waals surface area contributed by atoms with Crippen LogP contribution in [0.5, 0.6) is 0 Å². The molecule has 0 radical (unpaired) electrons. The lowest BCUT2D eigenvalue weighted by Gasteiger charge is -2.40. The van der Waals surface area contributed by atoms with E-state index in [1.165, 1.54) is 4.31 Å². The van der Waals surface area contributed by atoms with Gasteiger partial charge in [-0.3, -0.25) is 0 Å². The first-order valence-corrected chi connectivity index (χ1v) is 8.59. The molecule has 0 aromatic carbocycles. The van der Waals surface area contributed by atoms with Gasteiger partial charge in [-0.25, -0.2) is 0 Å². The van der Waals surface area contributed by atoms with E-state index < -0.39 is 15.8 Å². The number of hydrogen-bond acceptors (Lipinski definition) is 4. The molecule has 0 bridgehead atoms. The molecule has 2 aliphatic rings. The summed E-state index contributed by atoms with van der Waals surface area (Å²) in [5, 5.41) is 0. The van der Waals surface area contributed by atoms with E-state index in [4.69, 9.17) is 9.47 Å². The van der Waals surface area contributed by atoms with Gasteiger partial charge in [0.05, 0.1) is 17.8 Å². The largest absolute Gasteiger partial charge is 0.375 e. The van der Waals surface area contributed by atoms with E-state index >= 15 is 0 Å². The van der Waals surface area contributed by atoms with E-state index in [1.54, 1.807) is 0 Å². The summed E-state index contributed by atoms with van der Waals surface area (Å²) in [7, 11) is -3.46. The Labute approximate surface area is 122 Å². The molecule has 0 spiro atoms. The van der Waals surface area contributed by atoms with Gasteiger partial charge in [-0.05, 0) is 40.5 Å². The fourth-order valence-corrected chi connectivity index (χ4v) is 4.36. The first-order chi connectivity index (χ1) is 9.10. The van der Waals surface area contributed by atoms with Crippen molar-refractivity contribution in [3.8, 4) is 0 Å². The van der Waals surface area contributed by atoms with Crippen LogP contribution in [-0.4, -0.2) is 56.3 Å². The molecule has 1 N–H and O–H groups in total. The third-order valence-electron chi connectivity index (χ3n) is 3.74. The molecule has 1 unspecified atom stereocenters. The quantitative estimate of drug-likeness (QED) is 0.841. The van der Waals surface area contributed by atoms with Crippen LogP contribution in [-0.2, 0) is 19.7 Å². The number of nitrogens with zero attached hydrogens (tertiary/aromatic N) is 1. The molecule has 2 rings (SSSR count). The summed E-state index contributed by atoms with van der Waals surface area (Å²) >= 11 is 0. The molecule has 7 heteroatoms. The third-order valence-corrected chi connectivity index (χ3v) is 5.37. The second kappa shape index (κ2) is 5.53. The predicted molar refractivity (Wildman–Crippen MR) is 76.7 cm³/mol. The Morgan fingerprint density at radius 1 is 1.10 bits per heavy atom. The van der Waals surface area contributed by atoms with Crippen molar-refractivity contribution in [3.05, 3.63) is 0 Å². The Morgan fingerprint density at radius 2 is 1.75 bits per heavy atom. The van der Waals surface area contributed by atoms with E-state index in [0.717, 1.165) is 6.42 Å². The van der Waals surface area contributed by atoms with E-state index in [0.29, 0.717) is 32.7 Å². The fraction of sp³-hybridized carbons (Fsp3) is 1.00. The smallest absolute Gasteiger partial charge is 0.279 e. The lowest BCUT2D eigenvalue weighted by molar-refractivity contribution is -0.0669. The zero-order chi connectivity index (χ0) is 15.0. The number of ether oxygens (including phenoxy) is 2. The highest BCUT2D eigenvalue weighted by molar-refractivity contribution is 7.87. The Balaban J connectivity index is 2.00. The van der Waals surface area contributed by atoms with Crippen LogP contribution in [0.15, 0.2) is 0 Å². The molecule has 6 nitrogen and oxygen atoms in total. The van der Waals surface area contributed by atoms with Crippen LogP contribution in [0.25, 0.3) is 0 Å². The summed E-state index contributed by atoms with van der Waals surface area (Å²) < 4.78 is 40.4. The lowest BCUT2D eigenvalue weighted by atomic mass is 9.95. The molecule has 2 aliphatic heterocycles. The highest BCUT2D eigenvalue weighted by atomic mass is 32.2. The summed E-state index contributed by atoms with van der Waals surface area (Å²) in [6, 6.07) is -0.0605. The van der Waals surface area contributed by atoms with E-state index in [9.17, 15) is 8.42 Å². The standard InChI is InChI=1S/C13H26N2O4S/c1-12(2)9-11(5-7-18-12)14-20(16,17)15-6-8-19-13(3,4)10-15/h11,14H,5-10H2,1-4H3. The topological polar surface area (TPSA) is 67.9 Å². The maximum atomic E-state index is 12.5. The Bertz CT molecular complexity index is 447. The molecule has 1 atom stereocenters. The molecule has 118 valence electrons. The molecule has 2 saturated heterocycles. The van der Waals surface area contributed by atoms with Crippen LogP contribution < -0.4 is 4.72 Å². The van der Waals surface area contributed by atoms with Crippen molar-refractivity contribution in [3.63, 3.8) is 0 Å². The van der Waals surface area contributed by atoms with Crippen LogP contribution in [0, 0.1) is 0 Å². The molecule has 0 saturated carbocycles. The monoisotopic (exact) mass is 306 g/mol. The van der Waals surface area contributed by atoms with E-state index in [-0.39, 0.29) is 11.6 Å². The minimum absolute atomic E-state index is 0.0605. The van der Waals surface area contributed by atoms with Crippen LogP contribution >= 0.6 is 0 Å². The number of nitrogens with one attached hydrogen (secondary N) is 1. The first-order valence-electron chi connectivity index (χ1n) is 7.15. The van der Waals surface area contributed by atoms with Gasteiger partial charge >= 0.3 is 0 Å². The number of hydrogen-bond donors (Lipinski definition) is 1. The van der Waals surface area contributed by atoms with Gasteiger partial charge in [0, 0.05) is 25.7 Å². The van der Waals surface area contributed by atoms with Crippen molar-refractivity contribution in [2.75, 3.05) is 26.3 Å². The summed E-state index contributed by atoms with van der Waals surface area (Å²) in [6.45, 7) is 9.62. The van der Waals surface area contributed by atoms with Crippen molar-refractivity contribution in [2.24, 2.45) is 0 Å². The van der Waals surface area contributed by atoms with E-state index in [2.05, 4.69) is 4.72 Å². The van der Waals surface area contributed by atoms with Crippen molar-refractivity contribution >= 4 is 10.2 Å². The zero-order valence-corrected chi connectivity index (χ0v) is 13.6. The maximum Gasteiger partial charge on any atom is 0.279 e. The van der Waals surface area contributed by atoms with Gasteiger partial charge in [0.1, 0.15) is 0 Å². The van der Waals surface area contributed by atoms with Crippen molar-refractivity contribution in [2.45, 2.75) is 57.8 Å². The molecule has 0 aromatic rings. The van der Waals surface area contributed by atoms with Crippen LogP contribution in [0.2, 0.25) is 0 Å². The SMILES string of the molecule is CC1(C)CC(NS(=O)(=O)N2CCOC(C)(C)C2)CCO1. The highest BCUT2D eigenvalue weighted by Gasteiger charge is 2.37. The van der Waals surface area contributed by atoms with Gasteiger partial charge in [0.15, 0.2) is 0 Å². The molecule has 0 aliphatic carbocycles. The highest BCUT2D eigenvalue weighted by Crippen LogP contribution is 2.25. The molecule has 20 heavy (non-hydrogen) atoms. The Kier molecular flexibility index (Phi) is 4.47. The normalized spacial score (nSPS) is 31.1. The summed E-state index contributed by atoms with van der Waals surface area (Å²) in [6.07, 6.45) is 1.41. The fourth-order valence-electron chi connectivity index (χ4n) is 2.80. The van der Waals surface area contributed by atoms with Crippen LogP contribution in [0.1, 0.15) is 40.5 Å². The summed E-state index contributed by atoms with van der Waals surface area (Å²) in [5.41, 5.74) is -0.697. The van der Waals surface area contributed by atoms with Gasteiger partial charge in [-0.2, -0.15) is 17.4 Å². The van der Waals surface area contributed by atoms with Gasteiger partial charge < -0.3 is 9.47 Å². The lowest BCUT2D eigenvalue weighted by Crippen LogP contribution is -2.56. The van der Waals surface area contributed by atoms with Crippen molar-refractivity contribution in [1.29, 1.82) is 0 Å². The van der Waals surface area contributed by atoms with Gasteiger partial charge in [0.2, 0.25) is 0 Å². The van der Waals surface area contributed by atoms with Crippen molar-refractivity contribution < 1.29 is 17.9 Å². The van der Waals surface area contributed by atoms with Gasteiger partial charge in [-0.15, -0.1) is 0 Å². The average molecular weight is 306 g/mol. The average Bonchev–Trinajstić information content (AvgIpc) is 2.25. The number of morpholine rings is 1. The minimum atomic E-state index is -3.46. The maximum absolute atomic E-state index is 12.5. The van der Waals surface area contributed by atoms with E-state index in [1.807, 2.05) is 27.7 Å². The minimum Gasteiger partial charge on any atom is -0.375 e. The molecule has 2 fully saturated rings. The number of rotatable bonds is 3.